The minimum absolute atomic E-state index is 0.604. The summed E-state index contributed by atoms with van der Waals surface area (Å²) in [7, 11) is 0. The van der Waals surface area contributed by atoms with E-state index in [1.54, 1.807) is 0 Å². The van der Waals surface area contributed by atoms with E-state index < -0.39 is 0 Å². The first-order chi connectivity index (χ1) is 20.8. The van der Waals surface area contributed by atoms with Crippen LogP contribution in [0.15, 0.2) is 128 Å². The van der Waals surface area contributed by atoms with Crippen molar-refractivity contribution >= 4 is 43.9 Å². The van der Waals surface area contributed by atoms with Gasteiger partial charge >= 0.3 is 0 Å². The molecule has 0 atom stereocenters. The van der Waals surface area contributed by atoms with Crippen molar-refractivity contribution in [2.24, 2.45) is 0 Å². The van der Waals surface area contributed by atoms with Crippen LogP contribution in [0.25, 0.3) is 78.0 Å². The van der Waals surface area contributed by atoms with Gasteiger partial charge in [-0.25, -0.2) is 24.9 Å². The van der Waals surface area contributed by atoms with Crippen LogP contribution in [0.2, 0.25) is 0 Å². The summed E-state index contributed by atoms with van der Waals surface area (Å²) >= 11 is 0. The highest BCUT2D eigenvalue weighted by Crippen LogP contribution is 2.37. The van der Waals surface area contributed by atoms with Gasteiger partial charge in [-0.1, -0.05) is 84.9 Å². The minimum atomic E-state index is 0.604. The first-order valence-electron chi connectivity index (χ1n) is 13.8. The second-order valence-electron chi connectivity index (χ2n) is 10.3. The van der Waals surface area contributed by atoms with Crippen LogP contribution in [0.5, 0.6) is 0 Å². The molecule has 7 heteroatoms. The Morgan fingerprint density at radius 3 is 1.71 bits per heavy atom. The van der Waals surface area contributed by atoms with Crippen LogP contribution in [-0.4, -0.2) is 33.7 Å². The van der Waals surface area contributed by atoms with Crippen molar-refractivity contribution in [3.8, 4) is 34.2 Å². The van der Waals surface area contributed by atoms with Crippen LogP contribution in [-0.2, 0) is 0 Å². The number of hydrogen-bond acceptors (Lipinski definition) is 5. The van der Waals surface area contributed by atoms with Crippen molar-refractivity contribution in [2.45, 2.75) is 0 Å². The van der Waals surface area contributed by atoms with Gasteiger partial charge in [0.1, 0.15) is 12.7 Å². The fourth-order valence-electron chi connectivity index (χ4n) is 6.00. The molecular weight excluding hydrogens is 518 g/mol. The molecule has 0 radical (unpaired) electrons. The highest BCUT2D eigenvalue weighted by molar-refractivity contribution is 6.16. The van der Waals surface area contributed by atoms with Gasteiger partial charge in [-0.3, -0.25) is 8.80 Å². The van der Waals surface area contributed by atoms with Gasteiger partial charge < -0.3 is 0 Å². The van der Waals surface area contributed by atoms with E-state index in [1.807, 2.05) is 85.5 Å². The van der Waals surface area contributed by atoms with Crippen LogP contribution in [0.1, 0.15) is 0 Å². The molecule has 42 heavy (non-hydrogen) atoms. The second kappa shape index (κ2) is 8.78. The highest BCUT2D eigenvalue weighted by Gasteiger charge is 2.19. The molecule has 0 bridgehead atoms. The van der Waals surface area contributed by atoms with Gasteiger partial charge in [-0.05, 0) is 30.3 Å². The number of fused-ring (bicyclic) bond motifs is 4. The molecule has 0 saturated heterocycles. The van der Waals surface area contributed by atoms with Crippen LogP contribution in [0, 0.1) is 0 Å². The molecule has 0 spiro atoms. The number of imidazole rings is 2. The van der Waals surface area contributed by atoms with E-state index in [1.165, 1.54) is 0 Å². The summed E-state index contributed by atoms with van der Waals surface area (Å²) in [6.45, 7) is 0. The summed E-state index contributed by atoms with van der Waals surface area (Å²) in [5.74, 6) is 1.86. The zero-order chi connectivity index (χ0) is 27.6. The van der Waals surface area contributed by atoms with Gasteiger partial charge in [0.2, 0.25) is 0 Å². The molecule has 0 N–H and O–H groups in total. The van der Waals surface area contributed by atoms with E-state index in [2.05, 4.69) is 51.3 Å². The van der Waals surface area contributed by atoms with E-state index in [4.69, 9.17) is 24.9 Å². The van der Waals surface area contributed by atoms with E-state index in [-0.39, 0.29) is 0 Å². The van der Waals surface area contributed by atoms with Crippen molar-refractivity contribution in [3.05, 3.63) is 128 Å². The summed E-state index contributed by atoms with van der Waals surface area (Å²) in [5.41, 5.74) is 8.70. The summed E-state index contributed by atoms with van der Waals surface area (Å²) in [6, 6.07) is 38.9. The topological polar surface area (TPSA) is 73.3 Å². The van der Waals surface area contributed by atoms with Crippen LogP contribution in [0.3, 0.4) is 0 Å². The third-order valence-electron chi connectivity index (χ3n) is 7.89. The van der Waals surface area contributed by atoms with E-state index in [0.717, 1.165) is 60.6 Å². The van der Waals surface area contributed by atoms with Crippen molar-refractivity contribution in [1.29, 1.82) is 0 Å². The van der Waals surface area contributed by atoms with E-state index in [0.29, 0.717) is 17.5 Å². The Kier molecular flexibility index (Phi) is 4.77. The molecule has 0 fully saturated rings. The smallest absolute Gasteiger partial charge is 0.164 e. The average Bonchev–Trinajstić information content (AvgIpc) is 3.69. The Hall–Kier alpha value is -5.95. The van der Waals surface area contributed by atoms with E-state index in [9.17, 15) is 0 Å². The molecule has 0 amide bonds. The summed E-state index contributed by atoms with van der Waals surface area (Å²) in [6.07, 6.45) is 3.80. The van der Waals surface area contributed by atoms with Crippen molar-refractivity contribution in [3.63, 3.8) is 0 Å². The fraction of sp³-hybridized carbons (Fsp3) is 0. The van der Waals surface area contributed by atoms with Gasteiger partial charge in [0.15, 0.2) is 17.5 Å². The molecule has 196 valence electrons. The first kappa shape index (κ1) is 22.8. The number of para-hydroxylation sites is 2. The molecular formula is C35H21N7. The van der Waals surface area contributed by atoms with Crippen LogP contribution in [0.4, 0.5) is 0 Å². The van der Waals surface area contributed by atoms with Gasteiger partial charge in [-0.15, -0.1) is 0 Å². The van der Waals surface area contributed by atoms with Crippen molar-refractivity contribution < 1.29 is 0 Å². The van der Waals surface area contributed by atoms with Crippen molar-refractivity contribution in [1.82, 2.24) is 33.7 Å². The Labute approximate surface area is 239 Å². The van der Waals surface area contributed by atoms with Gasteiger partial charge in [0, 0.05) is 27.5 Å². The normalized spacial score (nSPS) is 11.8. The zero-order valence-electron chi connectivity index (χ0n) is 22.3. The third kappa shape index (κ3) is 3.31. The lowest BCUT2D eigenvalue weighted by Gasteiger charge is -2.13. The maximum atomic E-state index is 5.08. The molecule has 4 heterocycles. The Balaban J connectivity index is 1.48. The Bertz CT molecular complexity index is 2400. The number of benzene rings is 5. The molecule has 9 aromatic rings. The molecule has 0 aliphatic heterocycles. The molecule has 4 aromatic heterocycles. The van der Waals surface area contributed by atoms with Crippen molar-refractivity contribution in [2.75, 3.05) is 0 Å². The minimum Gasteiger partial charge on any atom is -0.296 e. The third-order valence-corrected chi connectivity index (χ3v) is 7.89. The zero-order valence-corrected chi connectivity index (χ0v) is 22.3. The quantitative estimate of drug-likeness (QED) is 0.231. The molecule has 0 aliphatic rings. The summed E-state index contributed by atoms with van der Waals surface area (Å²) in [4.78, 5) is 24.7. The lowest BCUT2D eigenvalue weighted by molar-refractivity contribution is 1.08. The number of hydrogen-bond donors (Lipinski definition) is 0. The second-order valence-corrected chi connectivity index (χ2v) is 10.3. The molecule has 0 saturated carbocycles. The lowest BCUT2D eigenvalue weighted by Crippen LogP contribution is -2.01. The van der Waals surface area contributed by atoms with Crippen LogP contribution >= 0.6 is 0 Å². The predicted molar refractivity (Wildman–Crippen MR) is 166 cm³/mol. The largest absolute Gasteiger partial charge is 0.296 e. The number of rotatable bonds is 3. The van der Waals surface area contributed by atoms with Gasteiger partial charge in [-0.2, -0.15) is 0 Å². The average molecular weight is 540 g/mol. The summed E-state index contributed by atoms with van der Waals surface area (Å²) in [5, 5.41) is 2.07. The molecule has 5 aromatic carbocycles. The SMILES string of the molecule is c1ccc(-c2nc(-c3ccccc3)nc(-c3ccc4ncn5c6cccc7ncn(c8ccccc8c3c45)c76)n2)cc1. The molecule has 7 nitrogen and oxygen atoms in total. The Morgan fingerprint density at radius 2 is 1.00 bits per heavy atom. The molecule has 0 aliphatic carbocycles. The first-order valence-corrected chi connectivity index (χ1v) is 13.8. The number of aromatic nitrogens is 7. The fourth-order valence-corrected chi connectivity index (χ4v) is 6.00. The Morgan fingerprint density at radius 1 is 0.429 bits per heavy atom. The monoisotopic (exact) mass is 539 g/mol. The maximum absolute atomic E-state index is 5.08. The summed E-state index contributed by atoms with van der Waals surface area (Å²) < 4.78 is 4.34. The number of nitrogens with zero attached hydrogens (tertiary/aromatic N) is 7. The predicted octanol–water partition coefficient (Wildman–Crippen LogP) is 7.63. The maximum Gasteiger partial charge on any atom is 0.164 e. The van der Waals surface area contributed by atoms with Gasteiger partial charge in [0.05, 0.1) is 33.1 Å². The van der Waals surface area contributed by atoms with E-state index >= 15 is 0 Å². The molecule has 9 rings (SSSR count). The highest BCUT2D eigenvalue weighted by atomic mass is 15.1. The van der Waals surface area contributed by atoms with Gasteiger partial charge in [0.25, 0.3) is 0 Å². The standard InChI is InChI=1S/C35H21N7/c1-3-10-22(11-4-1)33-38-34(23-12-5-2-6-13-23)40-35(39-33)25-18-19-27-32-30(25)24-14-7-8-16-28(24)41-20-36-26-15-9-17-29(31(26)41)42(32)21-37-27/h1-21H. The lowest BCUT2D eigenvalue weighted by atomic mass is 10.0. The van der Waals surface area contributed by atoms with Crippen LogP contribution < -0.4 is 0 Å². The molecule has 0 unspecified atom stereocenters.